The van der Waals surface area contributed by atoms with Crippen molar-refractivity contribution in [3.05, 3.63) is 35.6 Å². The second-order valence-electron chi connectivity index (χ2n) is 4.69. The molecule has 3 N–H and O–H groups in total. The summed E-state index contributed by atoms with van der Waals surface area (Å²) in [5, 5.41) is 0. The summed E-state index contributed by atoms with van der Waals surface area (Å²) in [5.74, 6) is 6.34. The van der Waals surface area contributed by atoms with Gasteiger partial charge in [0, 0.05) is 20.1 Å². The number of guanidine groups is 1. The van der Waals surface area contributed by atoms with Gasteiger partial charge in [-0.15, -0.1) is 0 Å². The van der Waals surface area contributed by atoms with E-state index in [4.69, 9.17) is 5.84 Å². The van der Waals surface area contributed by atoms with Gasteiger partial charge in [-0.2, -0.15) is 0 Å². The summed E-state index contributed by atoms with van der Waals surface area (Å²) in [4.78, 5) is 6.29. The van der Waals surface area contributed by atoms with Crippen molar-refractivity contribution >= 4 is 5.96 Å². The smallest absolute Gasteiger partial charge is 0.208 e. The van der Waals surface area contributed by atoms with Crippen molar-refractivity contribution in [3.63, 3.8) is 0 Å². The molecule has 0 saturated heterocycles. The zero-order chi connectivity index (χ0) is 13.5. The molecule has 0 atom stereocenters. The standard InChI is InChI=1S/C13H21FN4/c1-10(2)8-16-13(17-15)18(3)9-11-4-6-12(14)7-5-11/h4-7,10H,8-9,15H2,1-3H3,(H,16,17). The van der Waals surface area contributed by atoms with E-state index in [2.05, 4.69) is 24.3 Å². The predicted molar refractivity (Wildman–Crippen MR) is 72.3 cm³/mol. The van der Waals surface area contributed by atoms with Crippen molar-refractivity contribution in [2.75, 3.05) is 13.6 Å². The van der Waals surface area contributed by atoms with Crippen LogP contribution in [0.15, 0.2) is 29.3 Å². The van der Waals surface area contributed by atoms with E-state index < -0.39 is 0 Å². The Labute approximate surface area is 108 Å². The van der Waals surface area contributed by atoms with E-state index in [-0.39, 0.29) is 5.82 Å². The fraction of sp³-hybridized carbons (Fsp3) is 0.462. The number of rotatable bonds is 4. The van der Waals surface area contributed by atoms with Crippen LogP contribution in [0.1, 0.15) is 19.4 Å². The maximum atomic E-state index is 12.8. The van der Waals surface area contributed by atoms with Gasteiger partial charge in [0.25, 0.3) is 0 Å². The molecular weight excluding hydrogens is 231 g/mol. The van der Waals surface area contributed by atoms with E-state index in [0.29, 0.717) is 25.0 Å². The zero-order valence-corrected chi connectivity index (χ0v) is 11.2. The molecule has 18 heavy (non-hydrogen) atoms. The van der Waals surface area contributed by atoms with Gasteiger partial charge in [0.05, 0.1) is 0 Å². The number of hydrazine groups is 1. The van der Waals surface area contributed by atoms with Crippen molar-refractivity contribution in [2.45, 2.75) is 20.4 Å². The molecule has 0 amide bonds. The Morgan fingerprint density at radius 1 is 1.39 bits per heavy atom. The molecule has 0 aliphatic carbocycles. The average molecular weight is 252 g/mol. The van der Waals surface area contributed by atoms with Crippen molar-refractivity contribution in [2.24, 2.45) is 16.8 Å². The topological polar surface area (TPSA) is 53.6 Å². The van der Waals surface area contributed by atoms with E-state index in [1.54, 1.807) is 12.1 Å². The Kier molecular flexibility index (Phi) is 5.58. The van der Waals surface area contributed by atoms with Gasteiger partial charge in [0.2, 0.25) is 5.96 Å². The highest BCUT2D eigenvalue weighted by Gasteiger charge is 2.06. The van der Waals surface area contributed by atoms with Crippen molar-refractivity contribution in [1.82, 2.24) is 10.3 Å². The number of nitrogens with zero attached hydrogens (tertiary/aromatic N) is 2. The Morgan fingerprint density at radius 3 is 2.50 bits per heavy atom. The van der Waals surface area contributed by atoms with Crippen LogP contribution in [0.3, 0.4) is 0 Å². The van der Waals surface area contributed by atoms with Crippen LogP contribution in [0.4, 0.5) is 4.39 Å². The molecule has 4 nitrogen and oxygen atoms in total. The van der Waals surface area contributed by atoms with Crippen molar-refractivity contribution < 1.29 is 4.39 Å². The lowest BCUT2D eigenvalue weighted by Crippen LogP contribution is -2.42. The van der Waals surface area contributed by atoms with Gasteiger partial charge in [-0.25, -0.2) is 10.2 Å². The molecule has 0 fully saturated rings. The third-order valence-electron chi connectivity index (χ3n) is 2.43. The molecule has 0 bridgehead atoms. The number of nitrogens with two attached hydrogens (primary N) is 1. The van der Waals surface area contributed by atoms with Gasteiger partial charge < -0.3 is 4.90 Å². The van der Waals surface area contributed by atoms with Gasteiger partial charge in [-0.3, -0.25) is 10.4 Å². The fourth-order valence-electron chi connectivity index (χ4n) is 1.48. The molecule has 0 heterocycles. The number of benzene rings is 1. The summed E-state index contributed by atoms with van der Waals surface area (Å²) in [6, 6.07) is 6.40. The summed E-state index contributed by atoms with van der Waals surface area (Å²) in [6.45, 7) is 5.53. The van der Waals surface area contributed by atoms with Crippen LogP contribution in [0.5, 0.6) is 0 Å². The van der Waals surface area contributed by atoms with Gasteiger partial charge >= 0.3 is 0 Å². The molecule has 1 aromatic rings. The molecule has 1 rings (SSSR count). The Hall–Kier alpha value is -1.62. The third kappa shape index (κ3) is 4.71. The molecule has 0 aromatic heterocycles. The summed E-state index contributed by atoms with van der Waals surface area (Å²) < 4.78 is 12.8. The first kappa shape index (κ1) is 14.4. The zero-order valence-electron chi connectivity index (χ0n) is 11.2. The Bertz CT molecular complexity index is 386. The fourth-order valence-corrected chi connectivity index (χ4v) is 1.48. The molecule has 0 spiro atoms. The molecule has 5 heteroatoms. The van der Waals surface area contributed by atoms with Gasteiger partial charge in [-0.1, -0.05) is 26.0 Å². The second kappa shape index (κ2) is 6.96. The van der Waals surface area contributed by atoms with Crippen LogP contribution in [-0.4, -0.2) is 24.5 Å². The summed E-state index contributed by atoms with van der Waals surface area (Å²) >= 11 is 0. The van der Waals surface area contributed by atoms with Crippen molar-refractivity contribution in [1.29, 1.82) is 0 Å². The maximum absolute atomic E-state index is 12.8. The first-order valence-corrected chi connectivity index (χ1v) is 5.99. The van der Waals surface area contributed by atoms with Crippen molar-refractivity contribution in [3.8, 4) is 0 Å². The normalized spacial score (nSPS) is 11.8. The van der Waals surface area contributed by atoms with Crippen LogP contribution in [0.2, 0.25) is 0 Å². The first-order valence-electron chi connectivity index (χ1n) is 5.99. The largest absolute Gasteiger partial charge is 0.341 e. The highest BCUT2D eigenvalue weighted by atomic mass is 19.1. The van der Waals surface area contributed by atoms with Crippen LogP contribution in [-0.2, 0) is 6.54 Å². The Morgan fingerprint density at radius 2 is 2.00 bits per heavy atom. The summed E-state index contributed by atoms with van der Waals surface area (Å²) in [6.07, 6.45) is 0. The van der Waals surface area contributed by atoms with E-state index in [1.165, 1.54) is 12.1 Å². The minimum absolute atomic E-state index is 0.230. The summed E-state index contributed by atoms with van der Waals surface area (Å²) in [7, 11) is 1.89. The number of halogens is 1. The van der Waals surface area contributed by atoms with E-state index in [0.717, 1.165) is 5.56 Å². The predicted octanol–water partition coefficient (Wildman–Crippen LogP) is 1.73. The molecule has 0 saturated carbocycles. The Balaban J connectivity index is 2.64. The van der Waals surface area contributed by atoms with E-state index in [9.17, 15) is 4.39 Å². The molecule has 100 valence electrons. The third-order valence-corrected chi connectivity index (χ3v) is 2.43. The van der Waals surface area contributed by atoms with Crippen LogP contribution in [0.25, 0.3) is 0 Å². The quantitative estimate of drug-likeness (QED) is 0.371. The number of hydrogen-bond acceptors (Lipinski definition) is 2. The number of nitrogens with one attached hydrogen (secondary N) is 1. The average Bonchev–Trinajstić information content (AvgIpc) is 2.32. The molecule has 0 unspecified atom stereocenters. The lowest BCUT2D eigenvalue weighted by molar-refractivity contribution is 0.473. The van der Waals surface area contributed by atoms with Crippen LogP contribution in [0, 0.1) is 11.7 Å². The monoisotopic (exact) mass is 252 g/mol. The molecule has 0 radical (unpaired) electrons. The minimum atomic E-state index is -0.230. The lowest BCUT2D eigenvalue weighted by atomic mass is 10.2. The van der Waals surface area contributed by atoms with E-state index >= 15 is 0 Å². The van der Waals surface area contributed by atoms with Gasteiger partial charge in [-0.05, 0) is 23.6 Å². The molecule has 0 aliphatic rings. The van der Waals surface area contributed by atoms with Crippen LogP contribution >= 0.6 is 0 Å². The second-order valence-corrected chi connectivity index (χ2v) is 4.69. The molecule has 1 aromatic carbocycles. The highest BCUT2D eigenvalue weighted by Crippen LogP contribution is 2.05. The highest BCUT2D eigenvalue weighted by molar-refractivity contribution is 5.79. The van der Waals surface area contributed by atoms with Gasteiger partial charge in [0.1, 0.15) is 5.82 Å². The molecule has 0 aliphatic heterocycles. The SMILES string of the molecule is CC(C)CN=C(NN)N(C)Cc1ccc(F)cc1. The lowest BCUT2D eigenvalue weighted by Gasteiger charge is -2.21. The number of hydrogen-bond donors (Lipinski definition) is 2. The first-order chi connectivity index (χ1) is 8.52. The maximum Gasteiger partial charge on any atom is 0.208 e. The van der Waals surface area contributed by atoms with Crippen LogP contribution < -0.4 is 11.3 Å². The van der Waals surface area contributed by atoms with E-state index in [1.807, 2.05) is 11.9 Å². The number of aliphatic imine (C=N–C) groups is 1. The minimum Gasteiger partial charge on any atom is -0.341 e. The van der Waals surface area contributed by atoms with Gasteiger partial charge in [0.15, 0.2) is 0 Å². The summed E-state index contributed by atoms with van der Waals surface area (Å²) in [5.41, 5.74) is 3.60. The molecular formula is C13H21FN4.